The second-order valence-electron chi connectivity index (χ2n) is 7.58. The fourth-order valence-electron chi connectivity index (χ4n) is 4.86. The Bertz CT molecular complexity index is 1010. The van der Waals surface area contributed by atoms with Crippen molar-refractivity contribution in [2.75, 3.05) is 41.7 Å². The molecule has 2 aromatic carbocycles. The SMILES string of the molecule is COc1ccc2c(c1OC)CO[C@@H]2C1c2c(c(F)c3c(c2OC)OCO3)CCN1C. The van der Waals surface area contributed by atoms with Gasteiger partial charge in [0, 0.05) is 23.2 Å². The van der Waals surface area contributed by atoms with Gasteiger partial charge in [-0.15, -0.1) is 0 Å². The van der Waals surface area contributed by atoms with Crippen molar-refractivity contribution in [1.29, 1.82) is 0 Å². The second-order valence-corrected chi connectivity index (χ2v) is 7.58. The lowest BCUT2D eigenvalue weighted by molar-refractivity contribution is -0.00513. The van der Waals surface area contributed by atoms with Crippen LogP contribution < -0.4 is 23.7 Å². The third-order valence-corrected chi connectivity index (χ3v) is 6.23. The zero-order valence-electron chi connectivity index (χ0n) is 17.4. The molecule has 0 bridgehead atoms. The van der Waals surface area contributed by atoms with Gasteiger partial charge in [-0.1, -0.05) is 6.07 Å². The smallest absolute Gasteiger partial charge is 0.231 e. The van der Waals surface area contributed by atoms with Crippen molar-refractivity contribution in [1.82, 2.24) is 4.90 Å². The summed E-state index contributed by atoms with van der Waals surface area (Å²) in [6.45, 7) is 1.04. The summed E-state index contributed by atoms with van der Waals surface area (Å²) >= 11 is 0. The van der Waals surface area contributed by atoms with E-state index in [0.29, 0.717) is 48.1 Å². The topological polar surface area (TPSA) is 58.6 Å². The molecule has 30 heavy (non-hydrogen) atoms. The van der Waals surface area contributed by atoms with Gasteiger partial charge in [0.1, 0.15) is 6.10 Å². The standard InChI is InChI=1S/C22H24FNO6/c1-24-8-7-12-15(20(27-4)22-21(16(12)23)29-10-30-22)17(24)19-11-5-6-14(25-2)18(26-3)13(11)9-28-19/h5-6,17,19H,7-10H2,1-4H3/t17?,19-/m0/s1. The molecule has 5 rings (SSSR count). The van der Waals surface area contributed by atoms with Crippen LogP contribution in [0.3, 0.4) is 0 Å². The van der Waals surface area contributed by atoms with Gasteiger partial charge in [0.15, 0.2) is 23.1 Å². The molecule has 3 aliphatic rings. The maximum atomic E-state index is 15.3. The highest BCUT2D eigenvalue weighted by Gasteiger charge is 2.44. The van der Waals surface area contributed by atoms with Crippen LogP contribution in [0, 0.1) is 5.82 Å². The average molecular weight is 417 g/mol. The summed E-state index contributed by atoms with van der Waals surface area (Å²) in [6.07, 6.45) is 0.227. The molecule has 0 aromatic heterocycles. The molecular formula is C22H24FNO6. The monoisotopic (exact) mass is 417 g/mol. The Hall–Kier alpha value is -2.71. The van der Waals surface area contributed by atoms with E-state index in [1.807, 2.05) is 19.2 Å². The van der Waals surface area contributed by atoms with Crippen LogP contribution in [0.15, 0.2) is 12.1 Å². The number of benzene rings is 2. The fourth-order valence-corrected chi connectivity index (χ4v) is 4.86. The number of ether oxygens (including phenoxy) is 6. The molecule has 0 aliphatic carbocycles. The number of hydrogen-bond acceptors (Lipinski definition) is 7. The van der Waals surface area contributed by atoms with E-state index in [1.165, 1.54) is 0 Å². The van der Waals surface area contributed by atoms with Gasteiger partial charge in [0.05, 0.1) is 34.0 Å². The van der Waals surface area contributed by atoms with Gasteiger partial charge in [-0.05, 0) is 25.1 Å². The third kappa shape index (κ3) is 2.56. The Morgan fingerprint density at radius 1 is 1.00 bits per heavy atom. The molecule has 160 valence electrons. The van der Waals surface area contributed by atoms with Crippen molar-refractivity contribution < 1.29 is 32.8 Å². The van der Waals surface area contributed by atoms with E-state index >= 15 is 4.39 Å². The van der Waals surface area contributed by atoms with Gasteiger partial charge in [-0.2, -0.15) is 0 Å². The summed E-state index contributed by atoms with van der Waals surface area (Å²) in [5, 5.41) is 0. The van der Waals surface area contributed by atoms with Gasteiger partial charge in [0.2, 0.25) is 18.3 Å². The van der Waals surface area contributed by atoms with Crippen molar-refractivity contribution in [2.45, 2.75) is 25.2 Å². The van der Waals surface area contributed by atoms with Gasteiger partial charge in [-0.25, -0.2) is 4.39 Å². The van der Waals surface area contributed by atoms with Crippen molar-refractivity contribution >= 4 is 0 Å². The molecular weight excluding hydrogens is 393 g/mol. The van der Waals surface area contributed by atoms with Crippen LogP contribution in [0.2, 0.25) is 0 Å². The fraction of sp³-hybridized carbons (Fsp3) is 0.455. The Morgan fingerprint density at radius 3 is 2.50 bits per heavy atom. The van der Waals surface area contributed by atoms with Gasteiger partial charge < -0.3 is 28.4 Å². The first-order valence-electron chi connectivity index (χ1n) is 9.84. The minimum absolute atomic E-state index is 0.0221. The van der Waals surface area contributed by atoms with Crippen molar-refractivity contribution in [2.24, 2.45) is 0 Å². The highest BCUT2D eigenvalue weighted by atomic mass is 19.1. The highest BCUT2D eigenvalue weighted by Crippen LogP contribution is 2.56. The van der Waals surface area contributed by atoms with Crippen molar-refractivity contribution in [3.05, 3.63) is 40.2 Å². The van der Waals surface area contributed by atoms with E-state index in [-0.39, 0.29) is 30.5 Å². The molecule has 0 radical (unpaired) electrons. The molecule has 3 heterocycles. The van der Waals surface area contributed by atoms with Crippen LogP contribution in [0.1, 0.15) is 34.4 Å². The summed E-state index contributed by atoms with van der Waals surface area (Å²) in [5.74, 6) is 1.91. The van der Waals surface area contributed by atoms with Crippen molar-refractivity contribution in [3.63, 3.8) is 0 Å². The van der Waals surface area contributed by atoms with Crippen LogP contribution in [0.5, 0.6) is 28.7 Å². The minimum Gasteiger partial charge on any atom is -0.493 e. The number of hydrogen-bond donors (Lipinski definition) is 0. The molecule has 3 aliphatic heterocycles. The normalized spacial score (nSPS) is 21.9. The van der Waals surface area contributed by atoms with E-state index in [0.717, 1.165) is 16.7 Å². The Kier molecular flexibility index (Phi) is 4.63. The lowest BCUT2D eigenvalue weighted by Gasteiger charge is -2.39. The van der Waals surface area contributed by atoms with Crippen LogP contribution in [-0.4, -0.2) is 46.6 Å². The number of rotatable bonds is 4. The van der Waals surface area contributed by atoms with Crippen molar-refractivity contribution in [3.8, 4) is 28.7 Å². The summed E-state index contributed by atoms with van der Waals surface area (Å²) in [5.41, 5.74) is 3.29. The van der Waals surface area contributed by atoms with Crippen LogP contribution in [-0.2, 0) is 17.8 Å². The lowest BCUT2D eigenvalue weighted by Crippen LogP contribution is -2.36. The number of nitrogens with zero attached hydrogens (tertiary/aromatic N) is 1. The summed E-state index contributed by atoms with van der Waals surface area (Å²) in [7, 11) is 6.81. The molecule has 2 atom stereocenters. The van der Waals surface area contributed by atoms with Crippen LogP contribution >= 0.6 is 0 Å². The molecule has 0 spiro atoms. The largest absolute Gasteiger partial charge is 0.493 e. The summed E-state index contributed by atoms with van der Waals surface area (Å²) in [6, 6.07) is 3.61. The first kappa shape index (κ1) is 19.3. The maximum Gasteiger partial charge on any atom is 0.231 e. The average Bonchev–Trinajstić information content (AvgIpc) is 3.41. The van der Waals surface area contributed by atoms with Gasteiger partial charge in [-0.3, -0.25) is 4.90 Å². The van der Waals surface area contributed by atoms with Gasteiger partial charge in [0.25, 0.3) is 0 Å². The minimum atomic E-state index is -0.373. The van der Waals surface area contributed by atoms with E-state index in [9.17, 15) is 0 Å². The Labute approximate surface area is 174 Å². The predicted molar refractivity (Wildman–Crippen MR) is 105 cm³/mol. The Morgan fingerprint density at radius 2 is 1.77 bits per heavy atom. The number of fused-ring (bicyclic) bond motifs is 3. The number of likely N-dealkylation sites (N-methyl/N-ethyl adjacent to an activating group) is 1. The molecule has 8 heteroatoms. The lowest BCUT2D eigenvalue weighted by atomic mass is 9.85. The Balaban J connectivity index is 1.68. The highest BCUT2D eigenvalue weighted by molar-refractivity contribution is 5.63. The van der Waals surface area contributed by atoms with E-state index < -0.39 is 0 Å². The molecule has 2 aromatic rings. The van der Waals surface area contributed by atoms with E-state index in [1.54, 1.807) is 21.3 Å². The molecule has 0 fully saturated rings. The van der Waals surface area contributed by atoms with Gasteiger partial charge >= 0.3 is 0 Å². The number of halogens is 1. The maximum absolute atomic E-state index is 15.3. The zero-order valence-corrected chi connectivity index (χ0v) is 17.4. The molecule has 0 amide bonds. The summed E-state index contributed by atoms with van der Waals surface area (Å²) < 4.78 is 49.3. The first-order valence-corrected chi connectivity index (χ1v) is 9.84. The molecule has 7 nitrogen and oxygen atoms in total. The molecule has 0 saturated heterocycles. The quantitative estimate of drug-likeness (QED) is 0.756. The summed E-state index contributed by atoms with van der Waals surface area (Å²) in [4.78, 5) is 2.17. The number of methoxy groups -OCH3 is 3. The zero-order chi connectivity index (χ0) is 21.0. The third-order valence-electron chi connectivity index (χ3n) is 6.23. The molecule has 0 N–H and O–H groups in total. The molecule has 1 unspecified atom stereocenters. The van der Waals surface area contributed by atoms with Crippen LogP contribution in [0.4, 0.5) is 4.39 Å². The first-order chi connectivity index (χ1) is 14.6. The van der Waals surface area contributed by atoms with Crippen LogP contribution in [0.25, 0.3) is 0 Å². The van der Waals surface area contributed by atoms with E-state index in [4.69, 9.17) is 28.4 Å². The predicted octanol–water partition coefficient (Wildman–Crippen LogP) is 3.38. The van der Waals surface area contributed by atoms with E-state index in [2.05, 4.69) is 4.90 Å². The second kappa shape index (κ2) is 7.21. The molecule has 0 saturated carbocycles.